The monoisotopic (exact) mass is 285 g/mol. The minimum atomic E-state index is -0.583. The zero-order valence-electron chi connectivity index (χ0n) is 11.9. The van der Waals surface area contributed by atoms with Gasteiger partial charge in [-0.2, -0.15) is 0 Å². The van der Waals surface area contributed by atoms with Crippen LogP contribution >= 0.6 is 0 Å². The fraction of sp³-hybridized carbons (Fsp3) is 0.500. The molecule has 6 heteroatoms. The van der Waals surface area contributed by atoms with Crippen molar-refractivity contribution in [1.82, 2.24) is 10.6 Å². The van der Waals surface area contributed by atoms with Gasteiger partial charge in [-0.25, -0.2) is 13.8 Å². The summed E-state index contributed by atoms with van der Waals surface area (Å²) in [5.74, 6) is -0.559. The number of hydrogen-bond acceptors (Lipinski definition) is 2. The summed E-state index contributed by atoms with van der Waals surface area (Å²) in [6.45, 7) is 4.20. The number of methoxy groups -OCH3 is 1. The molecule has 0 saturated carbocycles. The molecule has 0 saturated heterocycles. The van der Waals surface area contributed by atoms with Crippen molar-refractivity contribution in [1.29, 1.82) is 0 Å². The third-order valence-corrected chi connectivity index (χ3v) is 2.58. The second kappa shape index (κ2) is 9.25. The molecule has 2 N–H and O–H groups in total. The highest BCUT2D eigenvalue weighted by Crippen LogP contribution is 2.10. The van der Waals surface area contributed by atoms with Gasteiger partial charge in [-0.05, 0) is 19.4 Å². The predicted molar refractivity (Wildman–Crippen MR) is 75.7 cm³/mol. The molecule has 0 aromatic heterocycles. The van der Waals surface area contributed by atoms with Gasteiger partial charge < -0.3 is 15.4 Å². The second-order valence-electron chi connectivity index (χ2n) is 4.20. The van der Waals surface area contributed by atoms with Gasteiger partial charge >= 0.3 is 0 Å². The van der Waals surface area contributed by atoms with Crippen LogP contribution in [-0.4, -0.2) is 32.8 Å². The number of aliphatic imine (C=N–C) groups is 1. The van der Waals surface area contributed by atoms with E-state index in [4.69, 9.17) is 4.74 Å². The summed E-state index contributed by atoms with van der Waals surface area (Å²) < 4.78 is 31.2. The van der Waals surface area contributed by atoms with Crippen molar-refractivity contribution in [2.75, 3.05) is 26.8 Å². The number of rotatable bonds is 7. The van der Waals surface area contributed by atoms with E-state index in [0.29, 0.717) is 31.2 Å². The number of ether oxygens (including phenoxy) is 1. The summed E-state index contributed by atoms with van der Waals surface area (Å²) >= 11 is 0. The molecule has 20 heavy (non-hydrogen) atoms. The van der Waals surface area contributed by atoms with Crippen molar-refractivity contribution >= 4 is 5.96 Å². The van der Waals surface area contributed by atoms with Crippen LogP contribution in [-0.2, 0) is 11.3 Å². The summed E-state index contributed by atoms with van der Waals surface area (Å²) in [6.07, 6.45) is 0.853. The molecular weight excluding hydrogens is 264 g/mol. The highest BCUT2D eigenvalue weighted by Gasteiger charge is 2.03. The first kappa shape index (κ1) is 16.4. The van der Waals surface area contributed by atoms with Gasteiger partial charge in [0.2, 0.25) is 0 Å². The third kappa shape index (κ3) is 5.97. The van der Waals surface area contributed by atoms with E-state index < -0.39 is 11.6 Å². The molecule has 1 aromatic rings. The van der Waals surface area contributed by atoms with Crippen molar-refractivity contribution in [2.45, 2.75) is 19.9 Å². The molecule has 0 fully saturated rings. The maximum atomic E-state index is 13.5. The maximum Gasteiger partial charge on any atom is 0.191 e. The van der Waals surface area contributed by atoms with Crippen LogP contribution in [0.3, 0.4) is 0 Å². The Labute approximate surface area is 118 Å². The van der Waals surface area contributed by atoms with Crippen LogP contribution in [0.15, 0.2) is 23.2 Å². The van der Waals surface area contributed by atoms with Gasteiger partial charge in [0.1, 0.15) is 11.6 Å². The van der Waals surface area contributed by atoms with E-state index in [1.165, 1.54) is 12.1 Å². The number of guanidine groups is 1. The summed E-state index contributed by atoms with van der Waals surface area (Å²) in [6, 6.07) is 3.50. The van der Waals surface area contributed by atoms with Gasteiger partial charge in [0.15, 0.2) is 5.96 Å². The van der Waals surface area contributed by atoms with Crippen LogP contribution in [0.25, 0.3) is 0 Å². The summed E-state index contributed by atoms with van der Waals surface area (Å²) in [5.41, 5.74) is 0.362. The van der Waals surface area contributed by atoms with Crippen LogP contribution in [0.4, 0.5) is 8.78 Å². The maximum absolute atomic E-state index is 13.5. The van der Waals surface area contributed by atoms with Crippen molar-refractivity contribution in [3.05, 3.63) is 35.4 Å². The fourth-order valence-electron chi connectivity index (χ4n) is 1.58. The first-order valence-corrected chi connectivity index (χ1v) is 6.62. The van der Waals surface area contributed by atoms with E-state index in [1.807, 2.05) is 6.92 Å². The Kier molecular flexibility index (Phi) is 7.57. The van der Waals surface area contributed by atoms with Crippen LogP contribution in [0, 0.1) is 11.6 Å². The number of hydrogen-bond donors (Lipinski definition) is 2. The first-order chi connectivity index (χ1) is 9.67. The lowest BCUT2D eigenvalue weighted by Crippen LogP contribution is -2.38. The van der Waals surface area contributed by atoms with E-state index in [9.17, 15) is 8.78 Å². The minimum absolute atomic E-state index is 0.158. The molecule has 0 unspecified atom stereocenters. The number of nitrogens with one attached hydrogen (secondary N) is 2. The van der Waals surface area contributed by atoms with Gasteiger partial charge in [-0.15, -0.1) is 0 Å². The lowest BCUT2D eigenvalue weighted by atomic mass is 10.2. The lowest BCUT2D eigenvalue weighted by Gasteiger charge is -2.11. The Bertz CT molecular complexity index is 438. The van der Waals surface area contributed by atoms with E-state index >= 15 is 0 Å². The van der Waals surface area contributed by atoms with Crippen molar-refractivity contribution in [2.24, 2.45) is 4.99 Å². The molecule has 0 heterocycles. The zero-order chi connectivity index (χ0) is 14.8. The Hall–Kier alpha value is -1.69. The molecule has 0 bridgehead atoms. The molecule has 1 rings (SSSR count). The highest BCUT2D eigenvalue weighted by molar-refractivity contribution is 5.79. The molecule has 0 amide bonds. The first-order valence-electron chi connectivity index (χ1n) is 6.62. The lowest BCUT2D eigenvalue weighted by molar-refractivity contribution is 0.195. The van der Waals surface area contributed by atoms with Gasteiger partial charge in [0, 0.05) is 38.4 Å². The molecule has 0 spiro atoms. The SMILES string of the molecule is CCNC(=NCc1ccc(F)cc1F)NCCCOC. The quantitative estimate of drug-likeness (QED) is 0.458. The zero-order valence-corrected chi connectivity index (χ0v) is 11.9. The van der Waals surface area contributed by atoms with E-state index in [2.05, 4.69) is 15.6 Å². The van der Waals surface area contributed by atoms with E-state index in [0.717, 1.165) is 12.5 Å². The fourth-order valence-corrected chi connectivity index (χ4v) is 1.58. The van der Waals surface area contributed by atoms with Gasteiger partial charge in [-0.3, -0.25) is 0 Å². The summed E-state index contributed by atoms with van der Waals surface area (Å²) in [7, 11) is 1.65. The molecule has 4 nitrogen and oxygen atoms in total. The Morgan fingerprint density at radius 2 is 2.10 bits per heavy atom. The Morgan fingerprint density at radius 3 is 2.75 bits per heavy atom. The standard InChI is InChI=1S/C14H21F2N3O/c1-3-17-14(18-7-4-8-20-2)19-10-11-5-6-12(15)9-13(11)16/h5-6,9H,3-4,7-8,10H2,1-2H3,(H2,17,18,19). The third-order valence-electron chi connectivity index (χ3n) is 2.58. The largest absolute Gasteiger partial charge is 0.385 e. The van der Waals surface area contributed by atoms with Crippen LogP contribution < -0.4 is 10.6 Å². The molecule has 0 atom stereocenters. The highest BCUT2D eigenvalue weighted by atomic mass is 19.1. The van der Waals surface area contributed by atoms with Crippen molar-refractivity contribution < 1.29 is 13.5 Å². The Balaban J connectivity index is 2.56. The molecule has 0 aliphatic carbocycles. The van der Waals surface area contributed by atoms with Crippen molar-refractivity contribution in [3.8, 4) is 0 Å². The smallest absolute Gasteiger partial charge is 0.191 e. The molecule has 1 aromatic carbocycles. The number of benzene rings is 1. The van der Waals surface area contributed by atoms with Gasteiger partial charge in [0.25, 0.3) is 0 Å². The number of nitrogens with zero attached hydrogens (tertiary/aromatic N) is 1. The second-order valence-corrected chi connectivity index (χ2v) is 4.20. The average Bonchev–Trinajstić information content (AvgIpc) is 2.42. The number of halogens is 2. The summed E-state index contributed by atoms with van der Waals surface area (Å²) in [5, 5.41) is 6.18. The normalized spacial score (nSPS) is 11.5. The molecule has 0 radical (unpaired) electrons. The summed E-state index contributed by atoms with van der Waals surface area (Å²) in [4.78, 5) is 4.26. The van der Waals surface area contributed by atoms with E-state index in [1.54, 1.807) is 7.11 Å². The average molecular weight is 285 g/mol. The van der Waals surface area contributed by atoms with Crippen LogP contribution in [0.5, 0.6) is 0 Å². The van der Waals surface area contributed by atoms with Crippen LogP contribution in [0.1, 0.15) is 18.9 Å². The Morgan fingerprint density at radius 1 is 1.30 bits per heavy atom. The molecule has 112 valence electrons. The minimum Gasteiger partial charge on any atom is -0.385 e. The van der Waals surface area contributed by atoms with Crippen LogP contribution in [0.2, 0.25) is 0 Å². The molecule has 0 aliphatic rings. The van der Waals surface area contributed by atoms with Gasteiger partial charge in [-0.1, -0.05) is 6.07 Å². The van der Waals surface area contributed by atoms with Crippen molar-refractivity contribution in [3.63, 3.8) is 0 Å². The van der Waals surface area contributed by atoms with Gasteiger partial charge in [0.05, 0.1) is 6.54 Å². The topological polar surface area (TPSA) is 45.7 Å². The van der Waals surface area contributed by atoms with E-state index in [-0.39, 0.29) is 6.54 Å². The molecular formula is C14H21F2N3O. The predicted octanol–water partition coefficient (Wildman–Crippen LogP) is 2.06. The molecule has 0 aliphatic heterocycles.